The summed E-state index contributed by atoms with van der Waals surface area (Å²) in [5.74, 6) is 0.335. The fourth-order valence-electron chi connectivity index (χ4n) is 1.65. The maximum atomic E-state index is 12.6. The van der Waals surface area contributed by atoms with E-state index in [1.165, 1.54) is 12.3 Å². The lowest BCUT2D eigenvalue weighted by Gasteiger charge is -2.16. The zero-order chi connectivity index (χ0) is 10.7. The van der Waals surface area contributed by atoms with Crippen molar-refractivity contribution in [1.29, 1.82) is 0 Å². The van der Waals surface area contributed by atoms with Crippen molar-refractivity contribution in [1.82, 2.24) is 4.98 Å². The monoisotopic (exact) mass is 208 g/mol. The second-order valence-corrected chi connectivity index (χ2v) is 3.47. The van der Waals surface area contributed by atoms with E-state index in [1.807, 2.05) is 0 Å². The van der Waals surface area contributed by atoms with Crippen LogP contribution in [0.15, 0.2) is 31.0 Å². The molecule has 0 unspecified atom stereocenters. The number of nitrogens with zero attached hydrogens (tertiary/aromatic N) is 1. The van der Waals surface area contributed by atoms with Gasteiger partial charge in [0.2, 0.25) is 0 Å². The normalized spacial score (nSPS) is 25.1. The molecule has 80 valence electrons. The molecule has 1 aliphatic rings. The largest absolute Gasteiger partial charge is 0.372 e. The van der Waals surface area contributed by atoms with Gasteiger partial charge in [-0.15, -0.1) is 6.58 Å². The predicted molar refractivity (Wildman–Crippen MR) is 56.2 cm³/mol. The van der Waals surface area contributed by atoms with Gasteiger partial charge >= 0.3 is 0 Å². The van der Waals surface area contributed by atoms with Crippen molar-refractivity contribution in [2.24, 2.45) is 0 Å². The first-order valence-electron chi connectivity index (χ1n) is 4.92. The van der Waals surface area contributed by atoms with Crippen LogP contribution in [0.3, 0.4) is 0 Å². The summed E-state index contributed by atoms with van der Waals surface area (Å²) in [7, 11) is 0. The van der Waals surface area contributed by atoms with Crippen molar-refractivity contribution in [2.45, 2.75) is 18.6 Å². The van der Waals surface area contributed by atoms with Crippen molar-refractivity contribution in [3.63, 3.8) is 0 Å². The number of halogens is 1. The third-order valence-corrected chi connectivity index (χ3v) is 2.43. The van der Waals surface area contributed by atoms with E-state index in [0.717, 1.165) is 13.0 Å². The number of nitrogens with one attached hydrogen (secondary N) is 1. The third kappa shape index (κ3) is 2.33. The van der Waals surface area contributed by atoms with Crippen LogP contribution in [0, 0.1) is 5.82 Å². The number of pyridine rings is 1. The summed E-state index contributed by atoms with van der Waals surface area (Å²) in [4.78, 5) is 3.93. The van der Waals surface area contributed by atoms with Gasteiger partial charge in [-0.25, -0.2) is 9.37 Å². The molecule has 0 aromatic carbocycles. The summed E-state index contributed by atoms with van der Waals surface area (Å²) < 4.78 is 18.0. The molecule has 1 saturated heterocycles. The highest BCUT2D eigenvalue weighted by atomic mass is 19.1. The minimum Gasteiger partial charge on any atom is -0.372 e. The molecule has 1 N–H and O–H groups in total. The van der Waals surface area contributed by atoms with Crippen LogP contribution in [-0.2, 0) is 4.74 Å². The van der Waals surface area contributed by atoms with Crippen LogP contribution in [0.4, 0.5) is 10.2 Å². The molecule has 0 saturated carbocycles. The summed E-state index contributed by atoms with van der Waals surface area (Å²) in [5.41, 5.74) is 0. The second-order valence-electron chi connectivity index (χ2n) is 3.47. The molecule has 1 fully saturated rings. The summed E-state index contributed by atoms with van der Waals surface area (Å²) in [6, 6.07) is 3.18. The lowest BCUT2D eigenvalue weighted by atomic mass is 10.1. The summed E-state index contributed by atoms with van der Waals surface area (Å²) >= 11 is 0. The molecule has 0 radical (unpaired) electrons. The van der Waals surface area contributed by atoms with Gasteiger partial charge in [0.05, 0.1) is 18.3 Å². The molecule has 0 amide bonds. The van der Waals surface area contributed by atoms with E-state index < -0.39 is 0 Å². The number of hydrogen-bond donors (Lipinski definition) is 1. The topological polar surface area (TPSA) is 34.1 Å². The van der Waals surface area contributed by atoms with Gasteiger partial charge in [-0.2, -0.15) is 0 Å². The standard InChI is InChI=1S/C11H13FN2O/c1-2-10-9(5-6-15-10)14-11-4-3-8(12)7-13-11/h2-4,7,9-10H,1,5-6H2,(H,13,14)/t9-,10+/m1/s1. The molecule has 0 spiro atoms. The summed E-state index contributed by atoms with van der Waals surface area (Å²) in [6.07, 6.45) is 3.89. The number of rotatable bonds is 3. The zero-order valence-corrected chi connectivity index (χ0v) is 8.32. The highest BCUT2D eigenvalue weighted by Crippen LogP contribution is 2.18. The quantitative estimate of drug-likeness (QED) is 0.771. The second kappa shape index (κ2) is 4.40. The van der Waals surface area contributed by atoms with Crippen LogP contribution < -0.4 is 5.32 Å². The zero-order valence-electron chi connectivity index (χ0n) is 8.32. The smallest absolute Gasteiger partial charge is 0.141 e. The van der Waals surface area contributed by atoms with Crippen LogP contribution in [0.25, 0.3) is 0 Å². The van der Waals surface area contributed by atoms with E-state index >= 15 is 0 Å². The minimum absolute atomic E-state index is 0.0110. The van der Waals surface area contributed by atoms with E-state index in [4.69, 9.17) is 4.74 Å². The first-order chi connectivity index (χ1) is 7.29. The molecule has 2 rings (SSSR count). The predicted octanol–water partition coefficient (Wildman–Crippen LogP) is 1.98. The molecule has 0 bridgehead atoms. The van der Waals surface area contributed by atoms with Crippen molar-refractivity contribution < 1.29 is 9.13 Å². The van der Waals surface area contributed by atoms with Gasteiger partial charge in [0.1, 0.15) is 11.6 Å². The molecular weight excluding hydrogens is 195 g/mol. The van der Waals surface area contributed by atoms with Crippen molar-refractivity contribution in [3.8, 4) is 0 Å². The van der Waals surface area contributed by atoms with Crippen LogP contribution in [0.2, 0.25) is 0 Å². The lowest BCUT2D eigenvalue weighted by Crippen LogP contribution is -2.27. The van der Waals surface area contributed by atoms with E-state index in [0.29, 0.717) is 5.82 Å². The van der Waals surface area contributed by atoms with Crippen LogP contribution in [0.5, 0.6) is 0 Å². The van der Waals surface area contributed by atoms with Gasteiger partial charge < -0.3 is 10.1 Å². The molecular formula is C11H13FN2O. The van der Waals surface area contributed by atoms with Crippen LogP contribution in [-0.4, -0.2) is 23.7 Å². The Balaban J connectivity index is 2.02. The first kappa shape index (κ1) is 10.1. The van der Waals surface area contributed by atoms with Crippen molar-refractivity contribution in [2.75, 3.05) is 11.9 Å². The molecule has 1 aromatic rings. The maximum Gasteiger partial charge on any atom is 0.141 e. The molecule has 0 aliphatic carbocycles. The Morgan fingerprint density at radius 3 is 3.13 bits per heavy atom. The molecule has 1 aliphatic heterocycles. The van der Waals surface area contributed by atoms with Crippen LogP contribution in [0.1, 0.15) is 6.42 Å². The van der Waals surface area contributed by atoms with E-state index in [1.54, 1.807) is 12.1 Å². The lowest BCUT2D eigenvalue weighted by molar-refractivity contribution is 0.142. The van der Waals surface area contributed by atoms with Gasteiger partial charge in [0.25, 0.3) is 0 Å². The Morgan fingerprint density at radius 2 is 2.47 bits per heavy atom. The van der Waals surface area contributed by atoms with E-state index in [9.17, 15) is 4.39 Å². The Kier molecular flexibility index (Phi) is 2.97. The number of hydrogen-bond acceptors (Lipinski definition) is 3. The molecule has 2 atom stereocenters. The Bertz CT molecular complexity index is 339. The SMILES string of the molecule is C=C[C@@H]1OCC[C@H]1Nc1ccc(F)cn1. The molecule has 1 aromatic heterocycles. The van der Waals surface area contributed by atoms with Crippen molar-refractivity contribution in [3.05, 3.63) is 36.8 Å². The first-order valence-corrected chi connectivity index (χ1v) is 4.92. The number of anilines is 1. The molecule has 15 heavy (non-hydrogen) atoms. The Labute approximate surface area is 88.0 Å². The number of aromatic nitrogens is 1. The third-order valence-electron chi connectivity index (χ3n) is 2.43. The van der Waals surface area contributed by atoms with Gasteiger partial charge in [0, 0.05) is 6.61 Å². The average Bonchev–Trinajstić information content (AvgIpc) is 2.69. The summed E-state index contributed by atoms with van der Waals surface area (Å²) in [5, 5.41) is 3.20. The van der Waals surface area contributed by atoms with E-state index in [-0.39, 0.29) is 18.0 Å². The van der Waals surface area contributed by atoms with Gasteiger partial charge in [0.15, 0.2) is 0 Å². The highest BCUT2D eigenvalue weighted by molar-refractivity contribution is 5.36. The fraction of sp³-hybridized carbons (Fsp3) is 0.364. The molecule has 3 nitrogen and oxygen atoms in total. The average molecular weight is 208 g/mol. The minimum atomic E-state index is -0.330. The van der Waals surface area contributed by atoms with Gasteiger partial charge in [-0.3, -0.25) is 0 Å². The summed E-state index contributed by atoms with van der Waals surface area (Å²) in [6.45, 7) is 4.42. The van der Waals surface area contributed by atoms with E-state index in [2.05, 4.69) is 16.9 Å². The Morgan fingerprint density at radius 1 is 1.60 bits per heavy atom. The van der Waals surface area contributed by atoms with Gasteiger partial charge in [-0.1, -0.05) is 6.08 Å². The number of ether oxygens (including phenoxy) is 1. The maximum absolute atomic E-state index is 12.6. The van der Waals surface area contributed by atoms with Crippen LogP contribution >= 0.6 is 0 Å². The highest BCUT2D eigenvalue weighted by Gasteiger charge is 2.25. The molecule has 4 heteroatoms. The Hall–Kier alpha value is -1.42. The van der Waals surface area contributed by atoms with Gasteiger partial charge in [-0.05, 0) is 18.6 Å². The fourth-order valence-corrected chi connectivity index (χ4v) is 1.65. The molecule has 2 heterocycles. The van der Waals surface area contributed by atoms with Crippen molar-refractivity contribution >= 4 is 5.82 Å².